The van der Waals surface area contributed by atoms with Gasteiger partial charge in [-0.15, -0.1) is 0 Å². The van der Waals surface area contributed by atoms with Gasteiger partial charge in [-0.3, -0.25) is 0 Å². The lowest BCUT2D eigenvalue weighted by Crippen LogP contribution is -2.49. The van der Waals surface area contributed by atoms with Crippen molar-refractivity contribution in [3.8, 4) is 0 Å². The fourth-order valence-corrected chi connectivity index (χ4v) is 2.65. The number of hydrogen-bond donors (Lipinski definition) is 4. The molecular formula is C13H25NO5. The van der Waals surface area contributed by atoms with Crippen LogP contribution in [0.15, 0.2) is 0 Å². The average molecular weight is 275 g/mol. The molecule has 0 saturated carbocycles. The zero-order chi connectivity index (χ0) is 14.3. The molecule has 2 saturated heterocycles. The zero-order valence-corrected chi connectivity index (χ0v) is 11.8. The van der Waals surface area contributed by atoms with Gasteiger partial charge in [0.25, 0.3) is 0 Å². The van der Waals surface area contributed by atoms with Crippen LogP contribution in [0, 0.1) is 0 Å². The summed E-state index contributed by atoms with van der Waals surface area (Å²) >= 11 is 0. The largest absolute Gasteiger partial charge is 0.392 e. The molecule has 0 spiro atoms. The van der Waals surface area contributed by atoms with Gasteiger partial charge in [-0.25, -0.2) is 0 Å². The van der Waals surface area contributed by atoms with Gasteiger partial charge < -0.3 is 30.1 Å². The number of fused-ring (bicyclic) bond motifs is 1. The van der Waals surface area contributed by atoms with Crippen molar-refractivity contribution < 1.29 is 24.8 Å². The molecule has 0 bridgehead atoms. The maximum absolute atomic E-state index is 10.5. The number of rotatable bonds is 4. The molecule has 6 heteroatoms. The smallest absolute Gasteiger partial charge is 0.119 e. The maximum Gasteiger partial charge on any atom is 0.119 e. The summed E-state index contributed by atoms with van der Waals surface area (Å²) in [6, 6.07) is 0. The zero-order valence-electron chi connectivity index (χ0n) is 11.8. The van der Waals surface area contributed by atoms with E-state index in [0.717, 1.165) is 0 Å². The van der Waals surface area contributed by atoms with Crippen LogP contribution in [0.2, 0.25) is 0 Å². The highest BCUT2D eigenvalue weighted by molar-refractivity contribution is 5.04. The van der Waals surface area contributed by atoms with Gasteiger partial charge in [-0.2, -0.15) is 0 Å². The van der Waals surface area contributed by atoms with Gasteiger partial charge in [0.2, 0.25) is 0 Å². The molecule has 2 heterocycles. The van der Waals surface area contributed by atoms with Crippen LogP contribution < -0.4 is 5.32 Å². The first-order chi connectivity index (χ1) is 8.71. The lowest BCUT2D eigenvalue weighted by Gasteiger charge is -2.30. The van der Waals surface area contributed by atoms with Crippen LogP contribution in [0.3, 0.4) is 0 Å². The first-order valence-corrected chi connectivity index (χ1v) is 6.78. The summed E-state index contributed by atoms with van der Waals surface area (Å²) in [5.41, 5.74) is -1.31. The number of β-amino-alcohol motifs (C(OH)–C–C–N with tert-alkyl or cyclic N) is 1. The van der Waals surface area contributed by atoms with Crippen molar-refractivity contribution in [3.05, 3.63) is 0 Å². The van der Waals surface area contributed by atoms with E-state index in [1.54, 1.807) is 0 Å². The number of ether oxygens (including phenoxy) is 2. The molecule has 2 aliphatic heterocycles. The van der Waals surface area contributed by atoms with E-state index in [9.17, 15) is 15.3 Å². The topological polar surface area (TPSA) is 91.2 Å². The number of hydrogen-bond acceptors (Lipinski definition) is 6. The third-order valence-electron chi connectivity index (χ3n) is 3.64. The molecule has 2 rings (SSSR count). The molecule has 6 nitrogen and oxygen atoms in total. The van der Waals surface area contributed by atoms with Gasteiger partial charge in [0.1, 0.15) is 23.9 Å². The Hall–Kier alpha value is -0.240. The second-order valence-corrected chi connectivity index (χ2v) is 6.69. The van der Waals surface area contributed by atoms with Crippen molar-refractivity contribution in [1.82, 2.24) is 5.32 Å². The molecule has 2 fully saturated rings. The molecule has 0 aromatic rings. The van der Waals surface area contributed by atoms with Crippen molar-refractivity contribution in [2.75, 3.05) is 19.8 Å². The van der Waals surface area contributed by atoms with Crippen molar-refractivity contribution in [3.63, 3.8) is 0 Å². The monoisotopic (exact) mass is 275 g/mol. The number of aliphatic hydroxyl groups is 3. The highest BCUT2D eigenvalue weighted by atomic mass is 16.6. The molecule has 2 aliphatic rings. The molecule has 0 aromatic carbocycles. The quantitative estimate of drug-likeness (QED) is 0.527. The predicted octanol–water partition coefficient (Wildman–Crippen LogP) is -0.985. The fourth-order valence-electron chi connectivity index (χ4n) is 2.65. The van der Waals surface area contributed by atoms with Crippen LogP contribution >= 0.6 is 0 Å². The second kappa shape index (κ2) is 5.27. The van der Waals surface area contributed by atoms with E-state index < -0.39 is 30.0 Å². The Morgan fingerprint density at radius 2 is 2.05 bits per heavy atom. The Morgan fingerprint density at radius 3 is 2.68 bits per heavy atom. The number of nitrogens with one attached hydrogen (secondary N) is 1. The molecule has 5 atom stereocenters. The van der Waals surface area contributed by atoms with E-state index in [-0.39, 0.29) is 25.2 Å². The SMILES string of the molecule is CC(C)(C)NCC(O)C[C@@]1(O)CO[C@@H]2[C@@H](O)CO[C@@H]21. The minimum Gasteiger partial charge on any atom is -0.392 e. The lowest BCUT2D eigenvalue weighted by atomic mass is 9.90. The summed E-state index contributed by atoms with van der Waals surface area (Å²) in [6.07, 6.45) is -2.24. The second-order valence-electron chi connectivity index (χ2n) is 6.69. The molecule has 4 N–H and O–H groups in total. The summed E-state index contributed by atoms with van der Waals surface area (Å²) in [7, 11) is 0. The predicted molar refractivity (Wildman–Crippen MR) is 68.8 cm³/mol. The number of aliphatic hydroxyl groups excluding tert-OH is 2. The van der Waals surface area contributed by atoms with Crippen LogP contribution in [0.4, 0.5) is 0 Å². The molecule has 112 valence electrons. The van der Waals surface area contributed by atoms with Crippen molar-refractivity contribution in [2.24, 2.45) is 0 Å². The molecule has 0 aromatic heterocycles. The van der Waals surface area contributed by atoms with Crippen LogP contribution in [-0.2, 0) is 9.47 Å². The van der Waals surface area contributed by atoms with Crippen molar-refractivity contribution in [1.29, 1.82) is 0 Å². The molecule has 0 amide bonds. The highest BCUT2D eigenvalue weighted by Gasteiger charge is 2.56. The molecule has 19 heavy (non-hydrogen) atoms. The van der Waals surface area contributed by atoms with Gasteiger partial charge in [-0.05, 0) is 20.8 Å². The first kappa shape index (κ1) is 15.2. The molecular weight excluding hydrogens is 250 g/mol. The summed E-state index contributed by atoms with van der Waals surface area (Å²) in [6.45, 7) is 6.70. The van der Waals surface area contributed by atoms with Crippen molar-refractivity contribution >= 4 is 0 Å². The highest BCUT2D eigenvalue weighted by Crippen LogP contribution is 2.36. The minimum absolute atomic E-state index is 0.0850. The van der Waals surface area contributed by atoms with Crippen LogP contribution in [-0.4, -0.2) is 70.6 Å². The van der Waals surface area contributed by atoms with Crippen molar-refractivity contribution in [2.45, 2.75) is 62.7 Å². The molecule has 0 aliphatic carbocycles. The van der Waals surface area contributed by atoms with Gasteiger partial charge >= 0.3 is 0 Å². The van der Waals surface area contributed by atoms with Crippen LogP contribution in [0.1, 0.15) is 27.2 Å². The summed E-state index contributed by atoms with van der Waals surface area (Å²) in [4.78, 5) is 0. The maximum atomic E-state index is 10.5. The van der Waals surface area contributed by atoms with E-state index in [4.69, 9.17) is 9.47 Å². The third-order valence-corrected chi connectivity index (χ3v) is 3.64. The van der Waals surface area contributed by atoms with E-state index in [1.165, 1.54) is 0 Å². The Labute approximate surface area is 113 Å². The van der Waals surface area contributed by atoms with Crippen LogP contribution in [0.25, 0.3) is 0 Å². The average Bonchev–Trinajstić information content (AvgIpc) is 2.79. The first-order valence-electron chi connectivity index (χ1n) is 6.78. The van der Waals surface area contributed by atoms with E-state index in [1.807, 2.05) is 20.8 Å². The van der Waals surface area contributed by atoms with E-state index in [2.05, 4.69) is 5.32 Å². The van der Waals surface area contributed by atoms with E-state index >= 15 is 0 Å². The Kier molecular flexibility index (Phi) is 4.21. The van der Waals surface area contributed by atoms with Gasteiger partial charge in [0.15, 0.2) is 0 Å². The summed E-state index contributed by atoms with van der Waals surface area (Å²) in [5.74, 6) is 0. The van der Waals surface area contributed by atoms with Crippen LogP contribution in [0.5, 0.6) is 0 Å². The van der Waals surface area contributed by atoms with Gasteiger partial charge in [0.05, 0.1) is 19.3 Å². The third kappa shape index (κ3) is 3.45. The Bertz CT molecular complexity index is 319. The standard InChI is InChI=1S/C13H25NO5/c1-12(2,3)14-5-8(15)4-13(17)7-19-10-9(16)6-18-11(10)13/h8-11,14-17H,4-7H2,1-3H3/t8?,9-,10+,11-,13+/m0/s1. The Morgan fingerprint density at radius 1 is 1.37 bits per heavy atom. The fraction of sp³-hybridized carbons (Fsp3) is 1.00. The van der Waals surface area contributed by atoms with Gasteiger partial charge in [-0.1, -0.05) is 0 Å². The van der Waals surface area contributed by atoms with E-state index in [0.29, 0.717) is 6.54 Å². The summed E-state index contributed by atoms with van der Waals surface area (Å²) < 4.78 is 10.8. The minimum atomic E-state index is -1.22. The normalized spacial score (nSPS) is 40.4. The molecule has 1 unspecified atom stereocenters. The van der Waals surface area contributed by atoms with Gasteiger partial charge in [0, 0.05) is 18.5 Å². The lowest BCUT2D eigenvalue weighted by molar-refractivity contribution is -0.0917. The summed E-state index contributed by atoms with van der Waals surface area (Å²) in [5, 5.41) is 33.4. The molecule has 0 radical (unpaired) electrons. The Balaban J connectivity index is 1.88.